The van der Waals surface area contributed by atoms with E-state index in [1.807, 2.05) is 36.4 Å². The van der Waals surface area contributed by atoms with Crippen molar-refractivity contribution in [3.05, 3.63) is 53.2 Å². The molecule has 16 heavy (non-hydrogen) atoms. The first-order chi connectivity index (χ1) is 7.75. The Kier molecular flexibility index (Phi) is 3.37. The zero-order chi connectivity index (χ0) is 11.4. The van der Waals surface area contributed by atoms with Gasteiger partial charge in [-0.15, -0.1) is 5.10 Å². The summed E-state index contributed by atoms with van der Waals surface area (Å²) >= 11 is 5.94. The molecular formula is C12H12ClN3. The molecular weight excluding hydrogens is 222 g/mol. The van der Waals surface area contributed by atoms with Crippen molar-refractivity contribution in [3.8, 4) is 0 Å². The van der Waals surface area contributed by atoms with Crippen LogP contribution >= 0.6 is 11.6 Å². The average Bonchev–Trinajstić information content (AvgIpc) is 2.30. The molecule has 2 rings (SSSR count). The summed E-state index contributed by atoms with van der Waals surface area (Å²) in [6, 6.07) is 11.6. The molecule has 0 spiro atoms. The number of nitrogens with zero attached hydrogens (tertiary/aromatic N) is 2. The maximum Gasteiger partial charge on any atom is 0.149 e. The van der Waals surface area contributed by atoms with E-state index in [0.29, 0.717) is 0 Å². The quantitative estimate of drug-likeness (QED) is 0.884. The molecule has 0 aliphatic heterocycles. The molecule has 4 heteroatoms. The average molecular weight is 234 g/mol. The van der Waals surface area contributed by atoms with Gasteiger partial charge in [0.05, 0.1) is 6.04 Å². The molecule has 0 saturated heterocycles. The van der Waals surface area contributed by atoms with Crippen molar-refractivity contribution in [1.29, 1.82) is 0 Å². The van der Waals surface area contributed by atoms with Gasteiger partial charge in [0.25, 0.3) is 0 Å². The van der Waals surface area contributed by atoms with Crippen LogP contribution in [0.3, 0.4) is 0 Å². The SMILES string of the molecule is CC(Nc1cccnn1)c1cccc(Cl)c1. The second-order valence-electron chi connectivity index (χ2n) is 3.53. The van der Waals surface area contributed by atoms with Gasteiger partial charge < -0.3 is 5.32 Å². The van der Waals surface area contributed by atoms with Crippen LogP contribution in [0.25, 0.3) is 0 Å². The van der Waals surface area contributed by atoms with Gasteiger partial charge in [0.15, 0.2) is 0 Å². The Bertz CT molecular complexity index is 459. The molecule has 0 bridgehead atoms. The molecule has 3 nitrogen and oxygen atoms in total. The minimum absolute atomic E-state index is 0.149. The first-order valence-corrected chi connectivity index (χ1v) is 5.43. The third-order valence-electron chi connectivity index (χ3n) is 2.29. The van der Waals surface area contributed by atoms with Crippen molar-refractivity contribution in [2.24, 2.45) is 0 Å². The fourth-order valence-electron chi connectivity index (χ4n) is 1.46. The van der Waals surface area contributed by atoms with Crippen LogP contribution < -0.4 is 5.32 Å². The van der Waals surface area contributed by atoms with E-state index in [2.05, 4.69) is 22.4 Å². The van der Waals surface area contributed by atoms with Crippen molar-refractivity contribution < 1.29 is 0 Å². The number of halogens is 1. The second-order valence-corrected chi connectivity index (χ2v) is 3.97. The van der Waals surface area contributed by atoms with Crippen LogP contribution in [0.15, 0.2) is 42.6 Å². The highest BCUT2D eigenvalue weighted by Gasteiger charge is 2.05. The number of aromatic nitrogens is 2. The standard InChI is InChI=1S/C12H12ClN3/c1-9(10-4-2-5-11(13)8-10)15-12-6-3-7-14-16-12/h2-9H,1H3,(H,15,16). The molecule has 0 radical (unpaired) electrons. The predicted octanol–water partition coefficient (Wildman–Crippen LogP) is 3.30. The van der Waals surface area contributed by atoms with Crippen LogP contribution in [0.1, 0.15) is 18.5 Å². The van der Waals surface area contributed by atoms with Crippen LogP contribution in [-0.2, 0) is 0 Å². The van der Waals surface area contributed by atoms with Gasteiger partial charge in [-0.3, -0.25) is 0 Å². The Morgan fingerprint density at radius 3 is 2.81 bits per heavy atom. The zero-order valence-electron chi connectivity index (χ0n) is 8.89. The largest absolute Gasteiger partial charge is 0.362 e. The first kappa shape index (κ1) is 10.9. The van der Waals surface area contributed by atoms with Gasteiger partial charge in [-0.2, -0.15) is 5.10 Å². The monoisotopic (exact) mass is 233 g/mol. The summed E-state index contributed by atoms with van der Waals surface area (Å²) < 4.78 is 0. The Morgan fingerprint density at radius 1 is 1.25 bits per heavy atom. The number of anilines is 1. The lowest BCUT2D eigenvalue weighted by Gasteiger charge is -2.14. The Labute approximate surface area is 99.5 Å². The maximum absolute atomic E-state index is 5.94. The summed E-state index contributed by atoms with van der Waals surface area (Å²) in [5.41, 5.74) is 1.12. The van der Waals surface area contributed by atoms with Gasteiger partial charge >= 0.3 is 0 Å². The molecule has 0 aliphatic rings. The lowest BCUT2D eigenvalue weighted by molar-refractivity contribution is 0.861. The van der Waals surface area contributed by atoms with E-state index in [1.165, 1.54) is 0 Å². The molecule has 1 N–H and O–H groups in total. The molecule has 0 aliphatic carbocycles. The fourth-order valence-corrected chi connectivity index (χ4v) is 1.66. The van der Waals surface area contributed by atoms with E-state index >= 15 is 0 Å². The molecule has 82 valence electrons. The smallest absolute Gasteiger partial charge is 0.149 e. The van der Waals surface area contributed by atoms with Crippen LogP contribution in [0.2, 0.25) is 5.02 Å². The van der Waals surface area contributed by atoms with E-state index in [0.717, 1.165) is 16.4 Å². The molecule has 1 heterocycles. The minimum atomic E-state index is 0.149. The van der Waals surface area contributed by atoms with Gasteiger partial charge in [-0.25, -0.2) is 0 Å². The number of hydrogen-bond acceptors (Lipinski definition) is 3. The highest BCUT2D eigenvalue weighted by atomic mass is 35.5. The summed E-state index contributed by atoms with van der Waals surface area (Å²) in [7, 11) is 0. The highest BCUT2D eigenvalue weighted by Crippen LogP contribution is 2.20. The van der Waals surface area contributed by atoms with Crippen LogP contribution in [-0.4, -0.2) is 10.2 Å². The molecule has 0 saturated carbocycles. The summed E-state index contributed by atoms with van der Waals surface area (Å²) in [5.74, 6) is 0.759. The number of rotatable bonds is 3. The Morgan fingerprint density at radius 2 is 2.12 bits per heavy atom. The van der Waals surface area contributed by atoms with Gasteiger partial charge in [-0.05, 0) is 36.8 Å². The van der Waals surface area contributed by atoms with Crippen LogP contribution in [0.5, 0.6) is 0 Å². The third-order valence-corrected chi connectivity index (χ3v) is 2.52. The second kappa shape index (κ2) is 4.94. The lowest BCUT2D eigenvalue weighted by Crippen LogP contribution is -2.08. The molecule has 1 aromatic heterocycles. The van der Waals surface area contributed by atoms with Crippen LogP contribution in [0, 0.1) is 0 Å². The minimum Gasteiger partial charge on any atom is -0.362 e. The van der Waals surface area contributed by atoms with E-state index < -0.39 is 0 Å². The van der Waals surface area contributed by atoms with Gasteiger partial charge in [0.2, 0.25) is 0 Å². The van der Waals surface area contributed by atoms with Crippen molar-refractivity contribution in [1.82, 2.24) is 10.2 Å². The zero-order valence-corrected chi connectivity index (χ0v) is 9.65. The predicted molar refractivity (Wildman–Crippen MR) is 65.5 cm³/mol. The van der Waals surface area contributed by atoms with E-state index in [-0.39, 0.29) is 6.04 Å². The van der Waals surface area contributed by atoms with Crippen LogP contribution in [0.4, 0.5) is 5.82 Å². The van der Waals surface area contributed by atoms with E-state index in [1.54, 1.807) is 6.20 Å². The highest BCUT2D eigenvalue weighted by molar-refractivity contribution is 6.30. The first-order valence-electron chi connectivity index (χ1n) is 5.05. The molecule has 0 fully saturated rings. The maximum atomic E-state index is 5.94. The Balaban J connectivity index is 2.12. The molecule has 0 amide bonds. The molecule has 1 aromatic carbocycles. The topological polar surface area (TPSA) is 37.8 Å². The normalized spacial score (nSPS) is 12.1. The summed E-state index contributed by atoms with van der Waals surface area (Å²) in [6.45, 7) is 2.06. The third kappa shape index (κ3) is 2.70. The van der Waals surface area contributed by atoms with Crippen molar-refractivity contribution >= 4 is 17.4 Å². The fraction of sp³-hybridized carbons (Fsp3) is 0.167. The summed E-state index contributed by atoms with van der Waals surface area (Å²) in [5, 5.41) is 11.8. The van der Waals surface area contributed by atoms with Gasteiger partial charge in [0, 0.05) is 11.2 Å². The summed E-state index contributed by atoms with van der Waals surface area (Å²) in [4.78, 5) is 0. The lowest BCUT2D eigenvalue weighted by atomic mass is 10.1. The Hall–Kier alpha value is -1.61. The number of nitrogens with one attached hydrogen (secondary N) is 1. The van der Waals surface area contributed by atoms with Crippen molar-refractivity contribution in [2.75, 3.05) is 5.32 Å². The molecule has 1 atom stereocenters. The van der Waals surface area contributed by atoms with Crippen molar-refractivity contribution in [2.45, 2.75) is 13.0 Å². The van der Waals surface area contributed by atoms with E-state index in [9.17, 15) is 0 Å². The van der Waals surface area contributed by atoms with Crippen molar-refractivity contribution in [3.63, 3.8) is 0 Å². The van der Waals surface area contributed by atoms with Gasteiger partial charge in [0.1, 0.15) is 5.82 Å². The number of benzene rings is 1. The molecule has 1 unspecified atom stereocenters. The summed E-state index contributed by atoms with van der Waals surface area (Å²) in [6.07, 6.45) is 1.65. The number of hydrogen-bond donors (Lipinski definition) is 1. The molecule has 2 aromatic rings. The van der Waals surface area contributed by atoms with Gasteiger partial charge in [-0.1, -0.05) is 23.7 Å². The van der Waals surface area contributed by atoms with E-state index in [4.69, 9.17) is 11.6 Å².